The highest BCUT2D eigenvalue weighted by Crippen LogP contribution is 2.29. The van der Waals surface area contributed by atoms with Crippen LogP contribution in [0.1, 0.15) is 41.0 Å². The number of hydrogen-bond donors (Lipinski definition) is 1. The van der Waals surface area contributed by atoms with Crippen LogP contribution < -0.4 is 5.32 Å². The summed E-state index contributed by atoms with van der Waals surface area (Å²) in [6.07, 6.45) is 1.30. The van der Waals surface area contributed by atoms with E-state index in [1.54, 1.807) is 0 Å². The van der Waals surface area contributed by atoms with E-state index in [9.17, 15) is 0 Å². The number of nitrogens with one attached hydrogen (secondary N) is 1. The lowest BCUT2D eigenvalue weighted by molar-refractivity contribution is 0.0839. The van der Waals surface area contributed by atoms with E-state index in [-0.39, 0.29) is 0 Å². The molecule has 96 valence electrons. The lowest BCUT2D eigenvalue weighted by atomic mass is 9.80. The normalized spacial score (nSPS) is 28.7. The van der Waals surface area contributed by atoms with Gasteiger partial charge in [0.15, 0.2) is 0 Å². The van der Waals surface area contributed by atoms with E-state index in [4.69, 9.17) is 0 Å². The van der Waals surface area contributed by atoms with Crippen molar-refractivity contribution in [1.29, 1.82) is 0 Å². The molecule has 0 aromatic rings. The Balaban J connectivity index is 2.47. The van der Waals surface area contributed by atoms with Crippen LogP contribution in [0.2, 0.25) is 0 Å². The first-order valence-corrected chi connectivity index (χ1v) is 6.76. The minimum Gasteiger partial charge on any atom is -0.317 e. The lowest BCUT2D eigenvalue weighted by Crippen LogP contribution is -2.50. The summed E-state index contributed by atoms with van der Waals surface area (Å²) in [5, 5.41) is 3.43. The Kier molecular flexibility index (Phi) is 4.81. The first-order valence-electron chi connectivity index (χ1n) is 6.76. The third-order valence-electron chi connectivity index (χ3n) is 4.55. The average Bonchev–Trinajstić information content (AvgIpc) is 2.17. The zero-order chi connectivity index (χ0) is 12.3. The number of rotatable bonds is 4. The van der Waals surface area contributed by atoms with Crippen molar-refractivity contribution in [2.24, 2.45) is 17.3 Å². The zero-order valence-electron chi connectivity index (χ0n) is 12.0. The van der Waals surface area contributed by atoms with Gasteiger partial charge >= 0.3 is 0 Å². The fourth-order valence-corrected chi connectivity index (χ4v) is 2.56. The highest BCUT2D eigenvalue weighted by Gasteiger charge is 2.30. The van der Waals surface area contributed by atoms with Crippen molar-refractivity contribution in [1.82, 2.24) is 10.2 Å². The molecule has 0 amide bonds. The molecule has 1 aliphatic heterocycles. The highest BCUT2D eigenvalue weighted by molar-refractivity contribution is 4.85. The number of hydrogen-bond acceptors (Lipinski definition) is 2. The second-order valence-corrected chi connectivity index (χ2v) is 6.54. The predicted molar refractivity (Wildman–Crippen MR) is 71.7 cm³/mol. The third kappa shape index (κ3) is 3.46. The van der Waals surface area contributed by atoms with E-state index in [0.717, 1.165) is 17.9 Å². The highest BCUT2D eigenvalue weighted by atomic mass is 15.2. The van der Waals surface area contributed by atoms with Crippen LogP contribution in [-0.2, 0) is 0 Å². The maximum atomic E-state index is 3.43. The van der Waals surface area contributed by atoms with E-state index >= 15 is 0 Å². The molecule has 2 unspecified atom stereocenters. The van der Waals surface area contributed by atoms with Gasteiger partial charge in [-0.15, -0.1) is 0 Å². The fourth-order valence-electron chi connectivity index (χ4n) is 2.56. The van der Waals surface area contributed by atoms with Crippen molar-refractivity contribution < 1.29 is 0 Å². The number of nitrogens with zero attached hydrogens (tertiary/aromatic N) is 1. The molecule has 1 N–H and O–H groups in total. The van der Waals surface area contributed by atoms with E-state index in [0.29, 0.717) is 5.41 Å². The molecule has 16 heavy (non-hydrogen) atoms. The molecule has 0 spiro atoms. The Hall–Kier alpha value is -0.0800. The summed E-state index contributed by atoms with van der Waals surface area (Å²) in [4.78, 5) is 2.65. The van der Waals surface area contributed by atoms with Gasteiger partial charge in [0.25, 0.3) is 0 Å². The molecule has 0 aromatic heterocycles. The number of piperidine rings is 1. The number of likely N-dealkylation sites (tertiary alicyclic amines) is 1. The molecule has 1 fully saturated rings. The van der Waals surface area contributed by atoms with E-state index < -0.39 is 0 Å². The summed E-state index contributed by atoms with van der Waals surface area (Å²) in [7, 11) is 2.09. The second kappa shape index (κ2) is 5.50. The van der Waals surface area contributed by atoms with Gasteiger partial charge in [0.1, 0.15) is 0 Å². The molecule has 1 rings (SSSR count). The Labute approximate surface area is 102 Å². The van der Waals surface area contributed by atoms with Crippen molar-refractivity contribution in [2.45, 2.75) is 47.1 Å². The fraction of sp³-hybridized carbons (Fsp3) is 1.00. The first-order chi connectivity index (χ1) is 7.36. The topological polar surface area (TPSA) is 15.3 Å². The molecule has 2 atom stereocenters. The molecule has 0 radical (unpaired) electrons. The van der Waals surface area contributed by atoms with Gasteiger partial charge < -0.3 is 10.2 Å². The van der Waals surface area contributed by atoms with Crippen LogP contribution in [0.4, 0.5) is 0 Å². The van der Waals surface area contributed by atoms with E-state index in [1.807, 2.05) is 0 Å². The molecule has 0 bridgehead atoms. The Morgan fingerprint density at radius 1 is 1.38 bits per heavy atom. The van der Waals surface area contributed by atoms with Gasteiger partial charge in [-0.1, -0.05) is 34.6 Å². The average molecular weight is 226 g/mol. The van der Waals surface area contributed by atoms with Gasteiger partial charge in [-0.2, -0.15) is 0 Å². The quantitative estimate of drug-likeness (QED) is 0.792. The standard InChI is InChI=1S/C14H30N2/c1-11(2)14(4,5)10-16-8-7-13(15-6)12(3)9-16/h11-13,15H,7-10H2,1-6H3. The molecule has 1 aliphatic rings. The summed E-state index contributed by atoms with van der Waals surface area (Å²) in [6, 6.07) is 0.721. The summed E-state index contributed by atoms with van der Waals surface area (Å²) in [5.74, 6) is 1.53. The Bertz CT molecular complexity index is 211. The second-order valence-electron chi connectivity index (χ2n) is 6.54. The van der Waals surface area contributed by atoms with Gasteiger partial charge in [0, 0.05) is 19.1 Å². The van der Waals surface area contributed by atoms with Gasteiger partial charge in [-0.25, -0.2) is 0 Å². The van der Waals surface area contributed by atoms with Gasteiger partial charge in [0.05, 0.1) is 0 Å². The van der Waals surface area contributed by atoms with E-state index in [1.165, 1.54) is 26.1 Å². The first kappa shape index (κ1) is 14.0. The molecule has 2 nitrogen and oxygen atoms in total. The molecule has 2 heteroatoms. The summed E-state index contributed by atoms with van der Waals surface area (Å²) in [5.41, 5.74) is 0.437. The van der Waals surface area contributed by atoms with E-state index in [2.05, 4.69) is 51.9 Å². The minimum absolute atomic E-state index is 0.437. The van der Waals surface area contributed by atoms with Crippen LogP contribution in [0.3, 0.4) is 0 Å². The molecule has 1 heterocycles. The maximum absolute atomic E-state index is 3.43. The summed E-state index contributed by atoms with van der Waals surface area (Å²) in [6.45, 7) is 15.6. The predicted octanol–water partition coefficient (Wildman–Crippen LogP) is 2.60. The maximum Gasteiger partial charge on any atom is 0.0114 e. The Morgan fingerprint density at radius 3 is 2.44 bits per heavy atom. The van der Waals surface area contributed by atoms with Crippen LogP contribution in [-0.4, -0.2) is 37.6 Å². The molecule has 1 saturated heterocycles. The molecular weight excluding hydrogens is 196 g/mol. The largest absolute Gasteiger partial charge is 0.317 e. The smallest absolute Gasteiger partial charge is 0.0114 e. The SMILES string of the molecule is CNC1CCN(CC(C)(C)C(C)C)CC1C. The third-order valence-corrected chi connectivity index (χ3v) is 4.55. The Morgan fingerprint density at radius 2 is 2.00 bits per heavy atom. The van der Waals surface area contributed by atoms with Crippen molar-refractivity contribution in [2.75, 3.05) is 26.7 Å². The molecular formula is C14H30N2. The molecule has 0 aromatic carbocycles. The zero-order valence-corrected chi connectivity index (χ0v) is 12.0. The van der Waals surface area contributed by atoms with Crippen LogP contribution in [0.25, 0.3) is 0 Å². The van der Waals surface area contributed by atoms with Crippen molar-refractivity contribution in [3.05, 3.63) is 0 Å². The van der Waals surface area contributed by atoms with Crippen molar-refractivity contribution >= 4 is 0 Å². The van der Waals surface area contributed by atoms with Crippen LogP contribution in [0.5, 0.6) is 0 Å². The van der Waals surface area contributed by atoms with Crippen LogP contribution in [0, 0.1) is 17.3 Å². The van der Waals surface area contributed by atoms with Gasteiger partial charge in [0.2, 0.25) is 0 Å². The summed E-state index contributed by atoms with van der Waals surface area (Å²) < 4.78 is 0. The summed E-state index contributed by atoms with van der Waals surface area (Å²) >= 11 is 0. The van der Waals surface area contributed by atoms with Crippen molar-refractivity contribution in [3.8, 4) is 0 Å². The lowest BCUT2D eigenvalue weighted by Gasteiger charge is -2.42. The van der Waals surface area contributed by atoms with Crippen LogP contribution in [0.15, 0.2) is 0 Å². The van der Waals surface area contributed by atoms with Crippen LogP contribution >= 0.6 is 0 Å². The van der Waals surface area contributed by atoms with Gasteiger partial charge in [-0.3, -0.25) is 0 Å². The van der Waals surface area contributed by atoms with Gasteiger partial charge in [-0.05, 0) is 37.3 Å². The monoisotopic (exact) mass is 226 g/mol. The molecule has 0 saturated carbocycles. The molecule has 0 aliphatic carbocycles. The van der Waals surface area contributed by atoms with Crippen molar-refractivity contribution in [3.63, 3.8) is 0 Å². The minimum atomic E-state index is 0.437.